The van der Waals surface area contributed by atoms with Crippen LogP contribution in [0.3, 0.4) is 0 Å². The van der Waals surface area contributed by atoms with E-state index in [2.05, 4.69) is 23.2 Å². The summed E-state index contributed by atoms with van der Waals surface area (Å²) in [5.74, 6) is 9.31. The number of benzene rings is 2. The van der Waals surface area contributed by atoms with Crippen LogP contribution in [-0.2, 0) is 0 Å². The van der Waals surface area contributed by atoms with E-state index in [1.807, 2.05) is 42.5 Å². The minimum absolute atomic E-state index is 0.631. The smallest absolute Gasteiger partial charge is 0.210 e. The van der Waals surface area contributed by atoms with Gasteiger partial charge in [0.1, 0.15) is 11.5 Å². The van der Waals surface area contributed by atoms with Gasteiger partial charge in [0, 0.05) is 11.3 Å². The first-order chi connectivity index (χ1) is 12.7. The van der Waals surface area contributed by atoms with Crippen molar-refractivity contribution in [1.29, 1.82) is 0 Å². The van der Waals surface area contributed by atoms with Crippen LogP contribution in [0.1, 0.15) is 12.0 Å². The molecule has 136 valence electrons. The predicted molar refractivity (Wildman–Crippen MR) is 104 cm³/mol. The molecular weight excluding hydrogens is 348 g/mol. The van der Waals surface area contributed by atoms with Gasteiger partial charge in [-0.05, 0) is 55.3 Å². The molecule has 0 spiro atoms. The van der Waals surface area contributed by atoms with Gasteiger partial charge in [0.15, 0.2) is 5.82 Å². The summed E-state index contributed by atoms with van der Waals surface area (Å²) >= 11 is 1.57. The van der Waals surface area contributed by atoms with E-state index in [1.165, 1.54) is 10.2 Å². The Hall–Kier alpha value is -2.67. The Labute approximate surface area is 157 Å². The zero-order chi connectivity index (χ0) is 18.4. The van der Waals surface area contributed by atoms with E-state index in [0.29, 0.717) is 17.6 Å². The topological polar surface area (TPSA) is 75.2 Å². The summed E-state index contributed by atoms with van der Waals surface area (Å²) in [5, 5.41) is 9.06. The van der Waals surface area contributed by atoms with Crippen molar-refractivity contribution in [2.45, 2.75) is 18.5 Å². The average Bonchev–Trinajstić information content (AvgIpc) is 3.02. The predicted octanol–water partition coefficient (Wildman–Crippen LogP) is 3.54. The summed E-state index contributed by atoms with van der Waals surface area (Å²) in [6.45, 7) is 2.71. The molecule has 0 aliphatic carbocycles. The van der Waals surface area contributed by atoms with Gasteiger partial charge in [-0.2, -0.15) is 0 Å². The largest absolute Gasteiger partial charge is 0.497 e. The first-order valence-corrected chi connectivity index (χ1v) is 9.33. The molecule has 0 amide bonds. The lowest BCUT2D eigenvalue weighted by molar-refractivity contribution is 0.318. The van der Waals surface area contributed by atoms with Gasteiger partial charge in [0.05, 0.1) is 13.7 Å². The number of aromatic nitrogens is 3. The van der Waals surface area contributed by atoms with Gasteiger partial charge in [0.2, 0.25) is 5.16 Å². The van der Waals surface area contributed by atoms with E-state index >= 15 is 0 Å². The molecule has 2 aromatic carbocycles. The van der Waals surface area contributed by atoms with Gasteiger partial charge in [-0.25, -0.2) is 4.68 Å². The van der Waals surface area contributed by atoms with Crippen molar-refractivity contribution in [3.05, 3.63) is 54.1 Å². The Morgan fingerprint density at radius 3 is 2.62 bits per heavy atom. The van der Waals surface area contributed by atoms with Crippen molar-refractivity contribution >= 4 is 11.8 Å². The molecule has 0 bridgehead atoms. The minimum Gasteiger partial charge on any atom is -0.497 e. The molecule has 26 heavy (non-hydrogen) atoms. The maximum atomic E-state index is 6.14. The zero-order valence-corrected chi connectivity index (χ0v) is 15.7. The van der Waals surface area contributed by atoms with Crippen LogP contribution >= 0.6 is 11.8 Å². The van der Waals surface area contributed by atoms with Crippen molar-refractivity contribution in [2.75, 3.05) is 25.3 Å². The highest BCUT2D eigenvalue weighted by Gasteiger charge is 2.12. The maximum Gasteiger partial charge on any atom is 0.210 e. The highest BCUT2D eigenvalue weighted by molar-refractivity contribution is 7.99. The van der Waals surface area contributed by atoms with E-state index in [1.54, 1.807) is 18.9 Å². The maximum absolute atomic E-state index is 6.14. The molecule has 0 atom stereocenters. The summed E-state index contributed by atoms with van der Waals surface area (Å²) in [6.07, 6.45) is 0.892. The molecule has 6 nitrogen and oxygen atoms in total. The fourth-order valence-electron chi connectivity index (χ4n) is 2.43. The molecule has 0 radical (unpaired) electrons. The number of nitrogens with two attached hydrogens (primary N) is 1. The number of nitrogen functional groups attached to an aromatic ring is 1. The average molecular weight is 370 g/mol. The van der Waals surface area contributed by atoms with Crippen molar-refractivity contribution in [3.63, 3.8) is 0 Å². The lowest BCUT2D eigenvalue weighted by atomic mass is 10.2. The molecule has 0 unspecified atom stereocenters. The van der Waals surface area contributed by atoms with Crippen LogP contribution in [0.5, 0.6) is 11.5 Å². The van der Waals surface area contributed by atoms with Gasteiger partial charge in [-0.3, -0.25) is 0 Å². The van der Waals surface area contributed by atoms with Crippen molar-refractivity contribution < 1.29 is 9.47 Å². The van der Waals surface area contributed by atoms with E-state index < -0.39 is 0 Å². The number of hydrogen-bond donors (Lipinski definition) is 1. The Bertz CT molecular complexity index is 849. The molecular formula is C19H22N4O2S. The van der Waals surface area contributed by atoms with E-state index in [9.17, 15) is 0 Å². The van der Waals surface area contributed by atoms with Gasteiger partial charge in [-0.15, -0.1) is 10.2 Å². The number of aryl methyl sites for hydroxylation is 1. The van der Waals surface area contributed by atoms with Crippen LogP contribution in [0.2, 0.25) is 0 Å². The molecule has 0 fully saturated rings. The van der Waals surface area contributed by atoms with Crippen LogP contribution in [0.4, 0.5) is 0 Å². The number of hydrogen-bond acceptors (Lipinski definition) is 6. The number of thioether (sulfide) groups is 1. The van der Waals surface area contributed by atoms with Gasteiger partial charge < -0.3 is 15.3 Å². The number of methoxy groups -OCH3 is 1. The van der Waals surface area contributed by atoms with Gasteiger partial charge in [-0.1, -0.05) is 23.9 Å². The van der Waals surface area contributed by atoms with E-state index in [-0.39, 0.29) is 0 Å². The summed E-state index contributed by atoms with van der Waals surface area (Å²) in [6, 6.07) is 15.6. The Kier molecular flexibility index (Phi) is 6.01. The first-order valence-electron chi connectivity index (χ1n) is 8.34. The molecule has 1 aromatic heterocycles. The summed E-state index contributed by atoms with van der Waals surface area (Å²) in [4.78, 5) is 0. The normalized spacial score (nSPS) is 10.7. The van der Waals surface area contributed by atoms with Crippen LogP contribution < -0.4 is 15.3 Å². The van der Waals surface area contributed by atoms with Gasteiger partial charge in [0.25, 0.3) is 0 Å². The monoisotopic (exact) mass is 370 g/mol. The third kappa shape index (κ3) is 4.49. The molecule has 0 aliphatic rings. The lowest BCUT2D eigenvalue weighted by Gasteiger charge is -2.07. The van der Waals surface area contributed by atoms with E-state index in [0.717, 1.165) is 29.2 Å². The second-order valence-corrected chi connectivity index (χ2v) is 6.83. The molecule has 2 N–H and O–H groups in total. The molecule has 0 saturated heterocycles. The van der Waals surface area contributed by atoms with Crippen molar-refractivity contribution in [1.82, 2.24) is 14.9 Å². The minimum atomic E-state index is 0.631. The molecule has 3 aromatic rings. The fraction of sp³-hybridized carbons (Fsp3) is 0.263. The third-order valence-corrected chi connectivity index (χ3v) is 4.82. The van der Waals surface area contributed by atoms with Crippen LogP contribution in [0.15, 0.2) is 53.7 Å². The van der Waals surface area contributed by atoms with Crippen LogP contribution in [-0.4, -0.2) is 34.3 Å². The molecule has 1 heterocycles. The van der Waals surface area contributed by atoms with Crippen molar-refractivity contribution in [2.24, 2.45) is 0 Å². The highest BCUT2D eigenvalue weighted by Crippen LogP contribution is 2.24. The SMILES string of the molecule is COc1ccc(-c2nnc(SCCCOc3cccc(C)c3)n2N)cc1. The van der Waals surface area contributed by atoms with E-state index in [4.69, 9.17) is 15.3 Å². The first kappa shape index (κ1) is 18.1. The highest BCUT2D eigenvalue weighted by atomic mass is 32.2. The molecule has 0 saturated carbocycles. The fourth-order valence-corrected chi connectivity index (χ4v) is 3.20. The summed E-state index contributed by atoms with van der Waals surface area (Å²) < 4.78 is 12.4. The molecule has 0 aliphatic heterocycles. The zero-order valence-electron chi connectivity index (χ0n) is 14.9. The summed E-state index contributed by atoms with van der Waals surface area (Å²) in [7, 11) is 1.64. The second kappa shape index (κ2) is 8.62. The third-order valence-electron chi connectivity index (χ3n) is 3.79. The Morgan fingerprint density at radius 1 is 1.08 bits per heavy atom. The Balaban J connectivity index is 1.50. The molecule has 7 heteroatoms. The Morgan fingerprint density at radius 2 is 1.88 bits per heavy atom. The standard InChI is InChI=1S/C19H22N4O2S/c1-14-5-3-6-17(13-14)25-11-4-12-26-19-22-21-18(23(19)20)15-7-9-16(24-2)10-8-15/h3,5-10,13H,4,11-12,20H2,1-2H3. The van der Waals surface area contributed by atoms with Crippen molar-refractivity contribution in [3.8, 4) is 22.9 Å². The number of rotatable bonds is 8. The molecule has 3 rings (SSSR count). The number of ether oxygens (including phenoxy) is 2. The number of nitrogens with zero attached hydrogens (tertiary/aromatic N) is 3. The van der Waals surface area contributed by atoms with Gasteiger partial charge >= 0.3 is 0 Å². The van der Waals surface area contributed by atoms with Crippen LogP contribution in [0, 0.1) is 6.92 Å². The quantitative estimate of drug-likeness (QED) is 0.371. The lowest BCUT2D eigenvalue weighted by Crippen LogP contribution is -2.11. The summed E-state index contributed by atoms with van der Waals surface area (Å²) in [5.41, 5.74) is 2.09. The second-order valence-electron chi connectivity index (χ2n) is 5.77. The van der Waals surface area contributed by atoms with Crippen LogP contribution in [0.25, 0.3) is 11.4 Å².